The summed E-state index contributed by atoms with van der Waals surface area (Å²) in [7, 11) is 0. The molecule has 1 saturated heterocycles. The van der Waals surface area contributed by atoms with E-state index >= 15 is 0 Å². The number of hydrogen-bond acceptors (Lipinski definition) is 4. The van der Waals surface area contributed by atoms with Crippen LogP contribution in [0.4, 0.5) is 5.82 Å². The summed E-state index contributed by atoms with van der Waals surface area (Å²) in [6.45, 7) is 3.19. The second-order valence-electron chi connectivity index (χ2n) is 7.57. The molecule has 0 saturated carbocycles. The standard InChI is InChI=1S/C21H25N5O/c22-13-19(27)25-9-11-26(12-10-25)21-15-4-2-1-3-14(15)20-16-7-8-23-17(16)5-6-18(20)24-21/h5-8,23H,1-4,9-13,22H2. The zero-order valence-corrected chi connectivity index (χ0v) is 15.5. The van der Waals surface area contributed by atoms with Gasteiger partial charge in [0.2, 0.25) is 5.91 Å². The highest BCUT2D eigenvalue weighted by Crippen LogP contribution is 2.37. The van der Waals surface area contributed by atoms with Crippen LogP contribution in [0.25, 0.3) is 21.8 Å². The molecule has 2 aromatic heterocycles. The Labute approximate surface area is 158 Å². The number of aromatic amines is 1. The Kier molecular flexibility index (Phi) is 4.01. The van der Waals surface area contributed by atoms with Crippen molar-refractivity contribution in [1.82, 2.24) is 14.9 Å². The Morgan fingerprint density at radius 2 is 1.85 bits per heavy atom. The highest BCUT2D eigenvalue weighted by Gasteiger charge is 2.26. The lowest BCUT2D eigenvalue weighted by atomic mass is 9.88. The molecule has 1 aromatic carbocycles. The second-order valence-corrected chi connectivity index (χ2v) is 7.57. The maximum Gasteiger partial charge on any atom is 0.236 e. The predicted octanol–water partition coefficient (Wildman–Crippen LogP) is 2.20. The van der Waals surface area contributed by atoms with Gasteiger partial charge in [-0.1, -0.05) is 0 Å². The number of nitrogens with two attached hydrogens (primary N) is 1. The van der Waals surface area contributed by atoms with E-state index in [0.717, 1.165) is 50.4 Å². The highest BCUT2D eigenvalue weighted by molar-refractivity contribution is 6.08. The largest absolute Gasteiger partial charge is 0.361 e. The van der Waals surface area contributed by atoms with Crippen LogP contribution < -0.4 is 10.6 Å². The minimum Gasteiger partial charge on any atom is -0.361 e. The first-order chi connectivity index (χ1) is 13.3. The van der Waals surface area contributed by atoms with Crippen molar-refractivity contribution in [3.05, 3.63) is 35.5 Å². The molecule has 27 heavy (non-hydrogen) atoms. The number of nitrogens with one attached hydrogen (secondary N) is 1. The molecule has 5 rings (SSSR count). The first kappa shape index (κ1) is 16.6. The Balaban J connectivity index is 1.59. The van der Waals surface area contributed by atoms with Gasteiger partial charge in [-0.05, 0) is 55.0 Å². The van der Waals surface area contributed by atoms with Gasteiger partial charge >= 0.3 is 0 Å². The van der Waals surface area contributed by atoms with Crippen LogP contribution in [0.15, 0.2) is 24.4 Å². The fraction of sp³-hybridized carbons (Fsp3) is 0.429. The summed E-state index contributed by atoms with van der Waals surface area (Å²) < 4.78 is 0. The van der Waals surface area contributed by atoms with Gasteiger partial charge in [-0.2, -0.15) is 0 Å². The lowest BCUT2D eigenvalue weighted by Crippen LogP contribution is -2.50. The minimum atomic E-state index is 0.0398. The van der Waals surface area contributed by atoms with Gasteiger partial charge in [-0.15, -0.1) is 0 Å². The van der Waals surface area contributed by atoms with Gasteiger partial charge in [-0.3, -0.25) is 4.79 Å². The smallest absolute Gasteiger partial charge is 0.236 e. The molecule has 1 aliphatic carbocycles. The van der Waals surface area contributed by atoms with E-state index < -0.39 is 0 Å². The van der Waals surface area contributed by atoms with E-state index in [0.29, 0.717) is 0 Å². The first-order valence-electron chi connectivity index (χ1n) is 9.90. The van der Waals surface area contributed by atoms with Crippen molar-refractivity contribution in [2.24, 2.45) is 5.73 Å². The SMILES string of the molecule is NCC(=O)N1CCN(c2nc3ccc4[nH]ccc4c3c3c2CCCC3)CC1. The summed E-state index contributed by atoms with van der Waals surface area (Å²) in [5.41, 5.74) is 10.7. The van der Waals surface area contributed by atoms with E-state index in [1.165, 1.54) is 40.3 Å². The second kappa shape index (κ2) is 6.53. The lowest BCUT2D eigenvalue weighted by Gasteiger charge is -2.37. The van der Waals surface area contributed by atoms with Gasteiger partial charge in [0, 0.05) is 48.7 Å². The molecule has 0 atom stereocenters. The van der Waals surface area contributed by atoms with Crippen LogP contribution in [0.2, 0.25) is 0 Å². The van der Waals surface area contributed by atoms with Crippen LogP contribution in [-0.4, -0.2) is 53.5 Å². The van der Waals surface area contributed by atoms with Crippen molar-refractivity contribution in [2.45, 2.75) is 25.7 Å². The third-order valence-corrected chi connectivity index (χ3v) is 6.08. The average molecular weight is 363 g/mol. The summed E-state index contributed by atoms with van der Waals surface area (Å²) in [5, 5.41) is 2.60. The van der Waals surface area contributed by atoms with E-state index in [1.807, 2.05) is 11.1 Å². The number of amides is 1. The third-order valence-electron chi connectivity index (χ3n) is 6.08. The van der Waals surface area contributed by atoms with E-state index in [9.17, 15) is 4.79 Å². The Morgan fingerprint density at radius 1 is 1.07 bits per heavy atom. The summed E-state index contributed by atoms with van der Waals surface area (Å²) in [6, 6.07) is 6.44. The van der Waals surface area contributed by atoms with Crippen LogP contribution in [0.1, 0.15) is 24.0 Å². The maximum absolute atomic E-state index is 11.9. The van der Waals surface area contributed by atoms with Crippen LogP contribution in [0.3, 0.4) is 0 Å². The summed E-state index contributed by atoms with van der Waals surface area (Å²) >= 11 is 0. The summed E-state index contributed by atoms with van der Waals surface area (Å²) in [4.78, 5) is 24.6. The van der Waals surface area contributed by atoms with Crippen molar-refractivity contribution >= 4 is 33.5 Å². The van der Waals surface area contributed by atoms with Crippen LogP contribution in [0.5, 0.6) is 0 Å². The fourth-order valence-corrected chi connectivity index (χ4v) is 4.70. The van der Waals surface area contributed by atoms with Crippen LogP contribution in [-0.2, 0) is 17.6 Å². The zero-order valence-electron chi connectivity index (χ0n) is 15.5. The zero-order chi connectivity index (χ0) is 18.4. The lowest BCUT2D eigenvalue weighted by molar-refractivity contribution is -0.129. The number of piperazine rings is 1. The number of nitrogens with zero attached hydrogens (tertiary/aromatic N) is 3. The van der Waals surface area contributed by atoms with Crippen molar-refractivity contribution < 1.29 is 4.79 Å². The number of fused-ring (bicyclic) bond motifs is 5. The fourth-order valence-electron chi connectivity index (χ4n) is 4.70. The predicted molar refractivity (Wildman–Crippen MR) is 108 cm³/mol. The Morgan fingerprint density at radius 3 is 2.63 bits per heavy atom. The molecule has 1 fully saturated rings. The number of H-pyrrole nitrogens is 1. The minimum absolute atomic E-state index is 0.0398. The molecule has 3 N–H and O–H groups in total. The number of aryl methyl sites for hydroxylation is 1. The van der Waals surface area contributed by atoms with Crippen molar-refractivity contribution in [3.8, 4) is 0 Å². The van der Waals surface area contributed by atoms with Crippen LogP contribution in [0, 0.1) is 0 Å². The van der Waals surface area contributed by atoms with Gasteiger partial charge in [0.1, 0.15) is 5.82 Å². The molecule has 2 aliphatic rings. The molecule has 6 nitrogen and oxygen atoms in total. The molecule has 3 aromatic rings. The van der Waals surface area contributed by atoms with Gasteiger partial charge in [-0.25, -0.2) is 4.98 Å². The van der Waals surface area contributed by atoms with Gasteiger partial charge in [0.25, 0.3) is 0 Å². The molecule has 1 amide bonds. The molecule has 3 heterocycles. The van der Waals surface area contributed by atoms with E-state index in [4.69, 9.17) is 10.7 Å². The molecular weight excluding hydrogens is 338 g/mol. The topological polar surface area (TPSA) is 78.2 Å². The van der Waals surface area contributed by atoms with E-state index in [-0.39, 0.29) is 12.5 Å². The molecular formula is C21H25N5O. The first-order valence-corrected chi connectivity index (χ1v) is 9.90. The third kappa shape index (κ3) is 2.67. The van der Waals surface area contributed by atoms with Crippen molar-refractivity contribution in [1.29, 1.82) is 0 Å². The number of carbonyl (C=O) groups excluding carboxylic acids is 1. The number of aromatic nitrogens is 2. The number of hydrogen-bond donors (Lipinski definition) is 2. The monoisotopic (exact) mass is 363 g/mol. The van der Waals surface area contributed by atoms with E-state index in [1.54, 1.807) is 0 Å². The molecule has 0 bridgehead atoms. The number of benzene rings is 1. The van der Waals surface area contributed by atoms with Crippen molar-refractivity contribution in [3.63, 3.8) is 0 Å². The van der Waals surface area contributed by atoms with Gasteiger partial charge in [0.05, 0.1) is 12.1 Å². The normalized spacial score (nSPS) is 17.5. The molecule has 6 heteroatoms. The molecule has 0 spiro atoms. The van der Waals surface area contributed by atoms with Crippen molar-refractivity contribution in [2.75, 3.05) is 37.6 Å². The quantitative estimate of drug-likeness (QED) is 0.732. The highest BCUT2D eigenvalue weighted by atomic mass is 16.2. The number of rotatable bonds is 2. The molecule has 140 valence electrons. The number of pyridine rings is 1. The molecule has 1 aliphatic heterocycles. The summed E-state index contributed by atoms with van der Waals surface area (Å²) in [6.07, 6.45) is 6.70. The maximum atomic E-state index is 11.9. The number of anilines is 1. The van der Waals surface area contributed by atoms with E-state index in [2.05, 4.69) is 28.1 Å². The van der Waals surface area contributed by atoms with Crippen LogP contribution >= 0.6 is 0 Å². The molecule has 0 radical (unpaired) electrons. The van der Waals surface area contributed by atoms with Gasteiger partial charge < -0.3 is 20.5 Å². The Bertz CT molecular complexity index is 1020. The van der Waals surface area contributed by atoms with Gasteiger partial charge in [0.15, 0.2) is 0 Å². The average Bonchev–Trinajstić information content (AvgIpc) is 3.21. The molecule has 0 unspecified atom stereocenters. The summed E-state index contributed by atoms with van der Waals surface area (Å²) in [5.74, 6) is 1.17. The Hall–Kier alpha value is -2.60. The number of carbonyl (C=O) groups is 1.